The first kappa shape index (κ1) is 17.8. The Kier molecular flexibility index (Phi) is 6.04. The lowest BCUT2D eigenvalue weighted by molar-refractivity contribution is 0.00992. The number of ether oxygens (including phenoxy) is 1. The molecule has 1 aliphatic heterocycles. The van der Waals surface area contributed by atoms with Gasteiger partial charge in [-0.05, 0) is 53.0 Å². The Bertz CT molecular complexity index is 507. The van der Waals surface area contributed by atoms with Gasteiger partial charge in [-0.1, -0.05) is 0 Å². The Balaban J connectivity index is 1.87. The molecule has 1 fully saturated rings. The number of hydrogen-bond acceptors (Lipinski definition) is 4. The first-order chi connectivity index (χ1) is 10.9. The Morgan fingerprint density at radius 1 is 1.43 bits per heavy atom. The van der Waals surface area contributed by atoms with Gasteiger partial charge in [-0.3, -0.25) is 4.68 Å². The summed E-state index contributed by atoms with van der Waals surface area (Å²) in [5.41, 5.74) is 0.729. The number of carbonyl (C=O) groups excluding carboxylic acids is 1. The van der Waals surface area contributed by atoms with Crippen LogP contribution in [0.25, 0.3) is 0 Å². The zero-order valence-electron chi connectivity index (χ0n) is 14.8. The molecule has 0 bridgehead atoms. The number of aromatic nitrogens is 2. The summed E-state index contributed by atoms with van der Waals surface area (Å²) >= 11 is 0. The van der Waals surface area contributed by atoms with Gasteiger partial charge in [0.05, 0.1) is 5.69 Å². The normalized spacial score (nSPS) is 19.0. The van der Waals surface area contributed by atoms with Crippen LogP contribution in [0.5, 0.6) is 0 Å². The second-order valence-electron chi connectivity index (χ2n) is 7.09. The third-order valence-electron chi connectivity index (χ3n) is 4.05. The van der Waals surface area contributed by atoms with Crippen LogP contribution in [-0.4, -0.2) is 45.5 Å². The third kappa shape index (κ3) is 5.23. The Morgan fingerprint density at radius 3 is 2.91 bits per heavy atom. The van der Waals surface area contributed by atoms with Crippen LogP contribution in [0.1, 0.15) is 52.7 Å². The molecule has 1 N–H and O–H groups in total. The minimum absolute atomic E-state index is 0.192. The van der Waals surface area contributed by atoms with Crippen molar-refractivity contribution in [3.8, 4) is 0 Å². The smallest absolute Gasteiger partial charge is 0.410 e. The van der Waals surface area contributed by atoms with E-state index in [1.54, 1.807) is 0 Å². The number of rotatable bonds is 5. The number of carbonyl (C=O) groups is 1. The van der Waals surface area contributed by atoms with Crippen LogP contribution in [0.4, 0.5) is 4.79 Å². The number of amides is 1. The molecule has 2 rings (SSSR count). The van der Waals surface area contributed by atoms with Crippen LogP contribution in [0.15, 0.2) is 12.3 Å². The van der Waals surface area contributed by atoms with E-state index in [0.29, 0.717) is 0 Å². The van der Waals surface area contributed by atoms with Crippen LogP contribution in [0, 0.1) is 0 Å². The molecule has 1 aliphatic rings. The van der Waals surface area contributed by atoms with Crippen LogP contribution in [-0.2, 0) is 17.8 Å². The lowest BCUT2D eigenvalue weighted by Gasteiger charge is -2.37. The van der Waals surface area contributed by atoms with Gasteiger partial charge in [0.1, 0.15) is 5.60 Å². The minimum atomic E-state index is -0.444. The summed E-state index contributed by atoms with van der Waals surface area (Å²) in [4.78, 5) is 14.3. The van der Waals surface area contributed by atoms with Crippen molar-refractivity contribution in [1.82, 2.24) is 20.0 Å². The summed E-state index contributed by atoms with van der Waals surface area (Å²) in [6.07, 6.45) is 4.88. The molecule has 1 aromatic heterocycles. The van der Waals surface area contributed by atoms with Crippen molar-refractivity contribution in [3.63, 3.8) is 0 Å². The van der Waals surface area contributed by atoms with Crippen molar-refractivity contribution in [2.75, 3.05) is 13.1 Å². The molecule has 6 nitrogen and oxygen atoms in total. The van der Waals surface area contributed by atoms with Gasteiger partial charge < -0.3 is 15.0 Å². The predicted octanol–water partition coefficient (Wildman–Crippen LogP) is 2.78. The van der Waals surface area contributed by atoms with Gasteiger partial charge in [0.25, 0.3) is 0 Å². The number of aryl methyl sites for hydroxylation is 1. The Morgan fingerprint density at radius 2 is 2.22 bits per heavy atom. The maximum absolute atomic E-state index is 12.4. The van der Waals surface area contributed by atoms with E-state index in [2.05, 4.69) is 17.3 Å². The maximum atomic E-state index is 12.4. The van der Waals surface area contributed by atoms with Gasteiger partial charge in [0, 0.05) is 38.4 Å². The molecule has 1 amide bonds. The number of hydrogen-bond donors (Lipinski definition) is 1. The highest BCUT2D eigenvalue weighted by Gasteiger charge is 2.30. The zero-order chi connectivity index (χ0) is 16.9. The van der Waals surface area contributed by atoms with Crippen molar-refractivity contribution in [1.29, 1.82) is 0 Å². The highest BCUT2D eigenvalue weighted by Crippen LogP contribution is 2.20. The molecule has 0 aromatic carbocycles. The second-order valence-corrected chi connectivity index (χ2v) is 7.09. The van der Waals surface area contributed by atoms with Crippen molar-refractivity contribution in [2.24, 2.45) is 0 Å². The van der Waals surface area contributed by atoms with Gasteiger partial charge in [-0.25, -0.2) is 4.79 Å². The lowest BCUT2D eigenvalue weighted by Crippen LogP contribution is -2.50. The number of nitrogens with one attached hydrogen (secondary N) is 1. The van der Waals surface area contributed by atoms with Crippen molar-refractivity contribution < 1.29 is 9.53 Å². The van der Waals surface area contributed by atoms with E-state index in [-0.39, 0.29) is 12.1 Å². The fourth-order valence-corrected chi connectivity index (χ4v) is 2.94. The predicted molar refractivity (Wildman–Crippen MR) is 90.2 cm³/mol. The van der Waals surface area contributed by atoms with Crippen LogP contribution in [0.3, 0.4) is 0 Å². The molecule has 1 saturated heterocycles. The molecular formula is C17H30N4O2. The fraction of sp³-hybridized carbons (Fsp3) is 0.765. The molecule has 2 heterocycles. The molecule has 1 atom stereocenters. The van der Waals surface area contributed by atoms with Gasteiger partial charge >= 0.3 is 6.09 Å². The van der Waals surface area contributed by atoms with E-state index in [1.807, 2.05) is 42.6 Å². The molecule has 0 aliphatic carbocycles. The summed E-state index contributed by atoms with van der Waals surface area (Å²) < 4.78 is 7.53. The number of piperidine rings is 1. The van der Waals surface area contributed by atoms with Crippen LogP contribution in [0.2, 0.25) is 0 Å². The highest BCUT2D eigenvalue weighted by atomic mass is 16.6. The molecule has 6 heteroatoms. The van der Waals surface area contributed by atoms with Crippen LogP contribution < -0.4 is 5.32 Å². The van der Waals surface area contributed by atoms with E-state index in [4.69, 9.17) is 4.74 Å². The van der Waals surface area contributed by atoms with E-state index in [9.17, 15) is 4.79 Å². The SMILES string of the molecule is CCn1nccc1CNCC1CCCCN1C(=O)OC(C)(C)C. The lowest BCUT2D eigenvalue weighted by atomic mass is 10.0. The van der Waals surface area contributed by atoms with Crippen molar-refractivity contribution >= 4 is 6.09 Å². The first-order valence-corrected chi connectivity index (χ1v) is 8.61. The number of likely N-dealkylation sites (tertiary alicyclic amines) is 1. The van der Waals surface area contributed by atoms with Gasteiger partial charge in [0.2, 0.25) is 0 Å². The minimum Gasteiger partial charge on any atom is -0.444 e. The topological polar surface area (TPSA) is 59.4 Å². The summed E-state index contributed by atoms with van der Waals surface area (Å²) in [7, 11) is 0. The standard InChI is InChI=1S/C17H30N4O2/c1-5-21-15(9-10-19-21)13-18-12-14-8-6-7-11-20(14)16(22)23-17(2,3)4/h9-10,14,18H,5-8,11-13H2,1-4H3. The summed E-state index contributed by atoms with van der Waals surface area (Å²) in [6, 6.07) is 2.24. The average molecular weight is 322 g/mol. The molecule has 0 radical (unpaired) electrons. The average Bonchev–Trinajstić information content (AvgIpc) is 2.93. The largest absolute Gasteiger partial charge is 0.444 e. The van der Waals surface area contributed by atoms with Crippen molar-refractivity contribution in [2.45, 2.75) is 71.7 Å². The molecular weight excluding hydrogens is 292 g/mol. The quantitative estimate of drug-likeness (QED) is 0.905. The molecule has 1 unspecified atom stereocenters. The number of nitrogens with zero attached hydrogens (tertiary/aromatic N) is 3. The molecule has 23 heavy (non-hydrogen) atoms. The molecule has 1 aromatic rings. The fourth-order valence-electron chi connectivity index (χ4n) is 2.94. The molecule has 0 spiro atoms. The summed E-state index contributed by atoms with van der Waals surface area (Å²) in [5.74, 6) is 0. The van der Waals surface area contributed by atoms with Gasteiger partial charge in [-0.2, -0.15) is 5.10 Å². The summed E-state index contributed by atoms with van der Waals surface area (Å²) in [6.45, 7) is 11.0. The van der Waals surface area contributed by atoms with E-state index in [0.717, 1.165) is 39.0 Å². The monoisotopic (exact) mass is 322 g/mol. The molecule has 130 valence electrons. The van der Waals surface area contributed by atoms with E-state index in [1.165, 1.54) is 12.1 Å². The zero-order valence-corrected chi connectivity index (χ0v) is 14.8. The maximum Gasteiger partial charge on any atom is 0.410 e. The summed E-state index contributed by atoms with van der Waals surface area (Å²) in [5, 5.41) is 7.75. The van der Waals surface area contributed by atoms with E-state index < -0.39 is 5.60 Å². The first-order valence-electron chi connectivity index (χ1n) is 8.61. The van der Waals surface area contributed by atoms with E-state index >= 15 is 0 Å². The van der Waals surface area contributed by atoms with Gasteiger partial charge in [0.15, 0.2) is 0 Å². The molecule has 0 saturated carbocycles. The van der Waals surface area contributed by atoms with Crippen LogP contribution >= 0.6 is 0 Å². The Hall–Kier alpha value is -1.56. The highest BCUT2D eigenvalue weighted by molar-refractivity contribution is 5.68. The van der Waals surface area contributed by atoms with Crippen molar-refractivity contribution in [3.05, 3.63) is 18.0 Å². The third-order valence-corrected chi connectivity index (χ3v) is 4.05. The second kappa shape index (κ2) is 7.81. The Labute approximate surface area is 139 Å². The van der Waals surface area contributed by atoms with Gasteiger partial charge in [-0.15, -0.1) is 0 Å².